The first-order chi connectivity index (χ1) is 10.1. The van der Waals surface area contributed by atoms with Gasteiger partial charge in [-0.3, -0.25) is 4.79 Å². The van der Waals surface area contributed by atoms with Gasteiger partial charge < -0.3 is 15.5 Å². The van der Waals surface area contributed by atoms with Crippen LogP contribution in [0.1, 0.15) is 15.4 Å². The van der Waals surface area contributed by atoms with Crippen LogP contribution in [0.15, 0.2) is 35.1 Å². The van der Waals surface area contributed by atoms with Gasteiger partial charge in [0.2, 0.25) is 12.3 Å². The number of rotatable bonds is 3. The highest BCUT2D eigenvalue weighted by Crippen LogP contribution is 2.23. The van der Waals surface area contributed by atoms with Gasteiger partial charge in [-0.15, -0.1) is 10.2 Å². The van der Waals surface area contributed by atoms with Gasteiger partial charge in [-0.25, -0.2) is 4.98 Å². The highest BCUT2D eigenvalue weighted by molar-refractivity contribution is 7.17. The third-order valence-electron chi connectivity index (χ3n) is 2.75. The van der Waals surface area contributed by atoms with Crippen LogP contribution in [0.25, 0.3) is 11.5 Å². The summed E-state index contributed by atoms with van der Waals surface area (Å²) in [5.74, 6) is 0.147. The van der Waals surface area contributed by atoms with Crippen LogP contribution in [0.3, 0.4) is 0 Å². The van der Waals surface area contributed by atoms with E-state index in [9.17, 15) is 4.79 Å². The summed E-state index contributed by atoms with van der Waals surface area (Å²) in [5, 5.41) is 10.6. The number of nitrogens with zero attached hydrogens (tertiary/aromatic N) is 3. The monoisotopic (exact) mass is 301 g/mol. The van der Waals surface area contributed by atoms with E-state index in [1.807, 2.05) is 6.07 Å². The van der Waals surface area contributed by atoms with Crippen molar-refractivity contribution in [3.05, 3.63) is 41.2 Å². The summed E-state index contributed by atoms with van der Waals surface area (Å²) < 4.78 is 5.13. The molecule has 0 radical (unpaired) electrons. The summed E-state index contributed by atoms with van der Waals surface area (Å²) in [7, 11) is 0. The van der Waals surface area contributed by atoms with Crippen LogP contribution in [0, 0.1) is 6.92 Å². The first kappa shape index (κ1) is 13.3. The number of hydrogen-bond acceptors (Lipinski definition) is 7. The van der Waals surface area contributed by atoms with Crippen molar-refractivity contribution in [3.8, 4) is 11.5 Å². The fraction of sp³-hybridized carbons (Fsp3) is 0.0769. The number of carbonyl (C=O) groups is 1. The average molecular weight is 301 g/mol. The zero-order valence-electron chi connectivity index (χ0n) is 11.0. The maximum absolute atomic E-state index is 12.2. The van der Waals surface area contributed by atoms with Crippen LogP contribution >= 0.6 is 11.3 Å². The summed E-state index contributed by atoms with van der Waals surface area (Å²) in [6.45, 7) is 1.75. The van der Waals surface area contributed by atoms with Crippen LogP contribution in [-0.4, -0.2) is 21.1 Å². The molecule has 0 unspecified atom stereocenters. The molecule has 2 aromatic heterocycles. The molecular formula is C13H11N5O2S. The molecule has 3 rings (SSSR count). The molecule has 21 heavy (non-hydrogen) atoms. The summed E-state index contributed by atoms with van der Waals surface area (Å²) in [6.07, 6.45) is 1.25. The van der Waals surface area contributed by atoms with Crippen molar-refractivity contribution in [2.45, 2.75) is 6.92 Å². The Morgan fingerprint density at radius 3 is 2.95 bits per heavy atom. The first-order valence-electron chi connectivity index (χ1n) is 6.04. The quantitative estimate of drug-likeness (QED) is 0.769. The zero-order valence-corrected chi connectivity index (χ0v) is 11.8. The zero-order chi connectivity index (χ0) is 14.8. The normalized spacial score (nSPS) is 10.5. The first-order valence-corrected chi connectivity index (χ1v) is 6.86. The van der Waals surface area contributed by atoms with Crippen LogP contribution in [0.4, 0.5) is 10.8 Å². The Balaban J connectivity index is 1.84. The predicted octanol–water partition coefficient (Wildman–Crippen LogP) is 2.34. The van der Waals surface area contributed by atoms with E-state index in [0.717, 1.165) is 16.9 Å². The second-order valence-electron chi connectivity index (χ2n) is 4.25. The molecule has 0 fully saturated rings. The number of nitrogens with one attached hydrogen (secondary N) is 1. The number of carbonyl (C=O) groups excluding carboxylic acids is 1. The Morgan fingerprint density at radius 2 is 2.29 bits per heavy atom. The van der Waals surface area contributed by atoms with Crippen LogP contribution in [-0.2, 0) is 0 Å². The van der Waals surface area contributed by atoms with Gasteiger partial charge in [-0.1, -0.05) is 17.4 Å². The molecule has 2 heterocycles. The summed E-state index contributed by atoms with van der Waals surface area (Å²) in [6, 6.07) is 7.14. The average Bonchev–Trinajstić information content (AvgIpc) is 3.08. The number of amides is 1. The molecule has 0 saturated heterocycles. The highest BCUT2D eigenvalue weighted by Gasteiger charge is 2.14. The summed E-state index contributed by atoms with van der Waals surface area (Å²) in [4.78, 5) is 16.7. The predicted molar refractivity (Wildman–Crippen MR) is 79.0 cm³/mol. The molecule has 0 bridgehead atoms. The second-order valence-corrected chi connectivity index (χ2v) is 5.28. The largest absolute Gasteiger partial charge is 0.423 e. The lowest BCUT2D eigenvalue weighted by molar-refractivity contribution is 0.103. The molecule has 1 amide bonds. The molecule has 0 atom stereocenters. The minimum Gasteiger partial charge on any atom is -0.423 e. The minimum absolute atomic E-state index is 0.246. The van der Waals surface area contributed by atoms with Gasteiger partial charge >= 0.3 is 0 Å². The maximum Gasteiger partial charge on any atom is 0.267 e. The summed E-state index contributed by atoms with van der Waals surface area (Å²) in [5.41, 5.74) is 7.57. The maximum atomic E-state index is 12.2. The molecule has 3 aromatic rings. The number of thiazole rings is 1. The van der Waals surface area contributed by atoms with E-state index in [1.165, 1.54) is 6.39 Å². The Kier molecular flexibility index (Phi) is 3.36. The molecule has 0 spiro atoms. The minimum atomic E-state index is -0.246. The van der Waals surface area contributed by atoms with Crippen LogP contribution in [0.2, 0.25) is 0 Å². The number of benzene rings is 1. The van der Waals surface area contributed by atoms with Gasteiger partial charge in [0.25, 0.3) is 5.91 Å². The lowest BCUT2D eigenvalue weighted by Gasteiger charge is -2.05. The molecular weight excluding hydrogens is 290 g/mol. The molecule has 0 aliphatic carbocycles. The topological polar surface area (TPSA) is 107 Å². The molecule has 3 N–H and O–H groups in total. The fourth-order valence-electron chi connectivity index (χ4n) is 1.84. The Labute approximate surface area is 123 Å². The molecule has 7 nitrogen and oxygen atoms in total. The fourth-order valence-corrected chi connectivity index (χ4v) is 2.57. The van der Waals surface area contributed by atoms with E-state index in [1.54, 1.807) is 25.1 Å². The number of nitrogens with two attached hydrogens (primary N) is 1. The van der Waals surface area contributed by atoms with E-state index in [0.29, 0.717) is 27.3 Å². The van der Waals surface area contributed by atoms with Crippen molar-refractivity contribution in [2.75, 3.05) is 11.1 Å². The van der Waals surface area contributed by atoms with Gasteiger partial charge in [-0.05, 0) is 25.1 Å². The number of nitrogen functional groups attached to an aromatic ring is 1. The smallest absolute Gasteiger partial charge is 0.267 e. The summed E-state index contributed by atoms with van der Waals surface area (Å²) >= 11 is 1.16. The number of hydrogen-bond donors (Lipinski definition) is 2. The van der Waals surface area contributed by atoms with E-state index < -0.39 is 0 Å². The van der Waals surface area contributed by atoms with Crippen molar-refractivity contribution >= 4 is 28.1 Å². The van der Waals surface area contributed by atoms with Crippen LogP contribution < -0.4 is 11.1 Å². The molecule has 0 aliphatic rings. The van der Waals surface area contributed by atoms with Gasteiger partial charge in [0.1, 0.15) is 4.88 Å². The lowest BCUT2D eigenvalue weighted by atomic mass is 10.2. The SMILES string of the molecule is Cc1nc(N)sc1C(=O)Nc1cccc(-c2nnco2)c1. The number of aromatic nitrogens is 3. The van der Waals surface area contributed by atoms with Crippen molar-refractivity contribution in [2.24, 2.45) is 0 Å². The van der Waals surface area contributed by atoms with Crippen molar-refractivity contribution in [3.63, 3.8) is 0 Å². The van der Waals surface area contributed by atoms with E-state index in [4.69, 9.17) is 10.2 Å². The molecule has 106 valence electrons. The highest BCUT2D eigenvalue weighted by atomic mass is 32.1. The Hall–Kier alpha value is -2.74. The third kappa shape index (κ3) is 2.75. The van der Waals surface area contributed by atoms with Crippen molar-refractivity contribution < 1.29 is 9.21 Å². The van der Waals surface area contributed by atoms with Crippen LogP contribution in [0.5, 0.6) is 0 Å². The van der Waals surface area contributed by atoms with Gasteiger partial charge in [-0.2, -0.15) is 0 Å². The number of anilines is 2. The van der Waals surface area contributed by atoms with Gasteiger partial charge in [0, 0.05) is 11.3 Å². The Morgan fingerprint density at radius 1 is 1.43 bits per heavy atom. The van der Waals surface area contributed by atoms with Crippen molar-refractivity contribution in [1.82, 2.24) is 15.2 Å². The van der Waals surface area contributed by atoms with E-state index in [2.05, 4.69) is 20.5 Å². The molecule has 0 aliphatic heterocycles. The van der Waals surface area contributed by atoms with Crippen molar-refractivity contribution in [1.29, 1.82) is 0 Å². The molecule has 8 heteroatoms. The molecule has 0 saturated carbocycles. The van der Waals surface area contributed by atoms with E-state index >= 15 is 0 Å². The van der Waals surface area contributed by atoms with Gasteiger partial charge in [0.15, 0.2) is 5.13 Å². The lowest BCUT2D eigenvalue weighted by Crippen LogP contribution is -2.11. The molecule has 1 aromatic carbocycles. The van der Waals surface area contributed by atoms with Gasteiger partial charge in [0.05, 0.1) is 5.69 Å². The van der Waals surface area contributed by atoms with E-state index in [-0.39, 0.29) is 5.91 Å². The standard InChI is InChI=1S/C13H11N5O2S/c1-7-10(21-13(14)16-7)11(19)17-9-4-2-3-8(5-9)12-18-15-6-20-12/h2-6H,1H3,(H2,14,16)(H,17,19). The Bertz CT molecular complexity index is 782. The second kappa shape index (κ2) is 5.33. The number of aryl methyl sites for hydroxylation is 1. The third-order valence-corrected chi connectivity index (χ3v) is 3.73.